The summed E-state index contributed by atoms with van der Waals surface area (Å²) in [6, 6.07) is 8.51. The van der Waals surface area contributed by atoms with Crippen LogP contribution in [0.4, 0.5) is 0 Å². The van der Waals surface area contributed by atoms with Gasteiger partial charge in [0.25, 0.3) is 0 Å². The Labute approximate surface area is 165 Å². The van der Waals surface area contributed by atoms with Crippen LogP contribution in [0.2, 0.25) is 10.0 Å². The molecule has 0 amide bonds. The van der Waals surface area contributed by atoms with Gasteiger partial charge >= 0.3 is 5.63 Å². The maximum absolute atomic E-state index is 12.5. The summed E-state index contributed by atoms with van der Waals surface area (Å²) in [6.07, 6.45) is 1.59. The summed E-state index contributed by atoms with van der Waals surface area (Å²) in [4.78, 5) is 21.2. The number of rotatable bonds is 2. The Bertz CT molecular complexity index is 1220. The molecule has 0 aliphatic rings. The van der Waals surface area contributed by atoms with Gasteiger partial charge in [-0.05, 0) is 46.6 Å². The van der Waals surface area contributed by atoms with Gasteiger partial charge in [0, 0.05) is 12.3 Å². The topological polar surface area (TPSA) is 73.8 Å². The number of hydrogen-bond acceptors (Lipinski definition) is 5. The first kappa shape index (κ1) is 17.2. The molecule has 0 bridgehead atoms. The van der Waals surface area contributed by atoms with Crippen LogP contribution in [0.1, 0.15) is 5.56 Å². The van der Waals surface area contributed by atoms with Gasteiger partial charge in [-0.3, -0.25) is 0 Å². The summed E-state index contributed by atoms with van der Waals surface area (Å²) in [7, 11) is 0. The van der Waals surface area contributed by atoms with Crippen LogP contribution in [0.3, 0.4) is 0 Å². The van der Waals surface area contributed by atoms with Crippen molar-refractivity contribution in [3.63, 3.8) is 0 Å². The van der Waals surface area contributed by atoms with E-state index in [-0.39, 0.29) is 11.3 Å². The fraction of sp³-hybridized carbons (Fsp3) is 0.0588. The van der Waals surface area contributed by atoms with E-state index in [1.807, 2.05) is 6.92 Å². The maximum Gasteiger partial charge on any atom is 0.348 e. The molecule has 6 nitrogen and oxygen atoms in total. The summed E-state index contributed by atoms with van der Waals surface area (Å²) in [5.41, 5.74) is 1.13. The van der Waals surface area contributed by atoms with Crippen LogP contribution in [-0.4, -0.2) is 19.7 Å². The standard InChI is InChI=1S/C17H9BrCl2N4O2/c1-8-4-5-9(19)13-14(8)22-16(26-17(13)25)11-7-12(18)23-24(11)15-10(20)3-2-6-21-15/h2-7H,1H3. The third-order valence-electron chi connectivity index (χ3n) is 3.77. The summed E-state index contributed by atoms with van der Waals surface area (Å²) >= 11 is 15.7. The molecule has 3 heterocycles. The highest BCUT2D eigenvalue weighted by Crippen LogP contribution is 2.29. The predicted molar refractivity (Wildman–Crippen MR) is 103 cm³/mol. The molecule has 3 aromatic heterocycles. The highest BCUT2D eigenvalue weighted by Gasteiger charge is 2.20. The number of aromatic nitrogens is 4. The molecule has 26 heavy (non-hydrogen) atoms. The van der Waals surface area contributed by atoms with Gasteiger partial charge < -0.3 is 4.42 Å². The molecule has 0 aliphatic carbocycles. The van der Waals surface area contributed by atoms with Crippen molar-refractivity contribution in [2.75, 3.05) is 0 Å². The number of nitrogens with zero attached hydrogens (tertiary/aromatic N) is 4. The fourth-order valence-corrected chi connectivity index (χ4v) is 3.39. The number of fused-ring (bicyclic) bond motifs is 1. The van der Waals surface area contributed by atoms with E-state index in [9.17, 15) is 4.79 Å². The zero-order valence-electron chi connectivity index (χ0n) is 13.2. The van der Waals surface area contributed by atoms with Crippen molar-refractivity contribution in [2.24, 2.45) is 0 Å². The molecule has 0 saturated carbocycles. The minimum Gasteiger partial charge on any atom is -0.401 e. The quantitative estimate of drug-likeness (QED) is 0.437. The van der Waals surface area contributed by atoms with Gasteiger partial charge in [-0.15, -0.1) is 0 Å². The maximum atomic E-state index is 12.5. The van der Waals surface area contributed by atoms with Gasteiger partial charge in [0.05, 0.1) is 15.6 Å². The minimum absolute atomic E-state index is 0.0905. The molecule has 0 N–H and O–H groups in total. The van der Waals surface area contributed by atoms with Crippen LogP contribution in [0.5, 0.6) is 0 Å². The largest absolute Gasteiger partial charge is 0.401 e. The van der Waals surface area contributed by atoms with Crippen LogP contribution in [0, 0.1) is 6.92 Å². The first-order chi connectivity index (χ1) is 12.5. The van der Waals surface area contributed by atoms with Crippen molar-refractivity contribution in [1.82, 2.24) is 19.7 Å². The number of hydrogen-bond donors (Lipinski definition) is 0. The Balaban J connectivity index is 2.02. The van der Waals surface area contributed by atoms with Gasteiger partial charge in [-0.2, -0.15) is 5.10 Å². The summed E-state index contributed by atoms with van der Waals surface area (Å²) in [5, 5.41) is 5.26. The fourth-order valence-electron chi connectivity index (χ4n) is 2.58. The van der Waals surface area contributed by atoms with Crippen molar-refractivity contribution >= 4 is 50.0 Å². The predicted octanol–water partition coefficient (Wildman–Crippen LogP) is 4.81. The average molecular weight is 452 g/mol. The lowest BCUT2D eigenvalue weighted by Crippen LogP contribution is -2.08. The third kappa shape index (κ3) is 2.82. The molecule has 0 unspecified atom stereocenters. The van der Waals surface area contributed by atoms with E-state index in [2.05, 4.69) is 31.0 Å². The smallest absolute Gasteiger partial charge is 0.348 e. The Morgan fingerprint density at radius 3 is 2.77 bits per heavy atom. The lowest BCUT2D eigenvalue weighted by atomic mass is 10.1. The normalized spacial score (nSPS) is 11.2. The van der Waals surface area contributed by atoms with Crippen LogP contribution in [0.15, 0.2) is 50.3 Å². The highest BCUT2D eigenvalue weighted by atomic mass is 79.9. The van der Waals surface area contributed by atoms with Gasteiger partial charge in [0.15, 0.2) is 5.82 Å². The van der Waals surface area contributed by atoms with E-state index in [1.165, 1.54) is 4.68 Å². The van der Waals surface area contributed by atoms with Crippen LogP contribution in [-0.2, 0) is 0 Å². The second-order valence-corrected chi connectivity index (χ2v) is 7.09. The molecule has 130 valence electrons. The van der Waals surface area contributed by atoms with Crippen LogP contribution < -0.4 is 5.63 Å². The number of halogens is 3. The van der Waals surface area contributed by atoms with E-state index in [1.54, 1.807) is 36.5 Å². The molecule has 0 aliphatic heterocycles. The Morgan fingerprint density at radius 1 is 1.19 bits per heavy atom. The Morgan fingerprint density at radius 2 is 2.00 bits per heavy atom. The zero-order valence-corrected chi connectivity index (χ0v) is 16.3. The van der Waals surface area contributed by atoms with E-state index >= 15 is 0 Å². The monoisotopic (exact) mass is 450 g/mol. The average Bonchev–Trinajstić information content (AvgIpc) is 3.00. The van der Waals surface area contributed by atoms with E-state index < -0.39 is 5.63 Å². The molecular weight excluding hydrogens is 443 g/mol. The van der Waals surface area contributed by atoms with E-state index in [0.717, 1.165) is 5.56 Å². The van der Waals surface area contributed by atoms with Gasteiger partial charge in [0.1, 0.15) is 15.7 Å². The van der Waals surface area contributed by atoms with Crippen molar-refractivity contribution in [1.29, 1.82) is 0 Å². The van der Waals surface area contributed by atoms with Crippen molar-refractivity contribution in [2.45, 2.75) is 6.92 Å². The summed E-state index contributed by atoms with van der Waals surface area (Å²) in [5.74, 6) is 0.481. The summed E-state index contributed by atoms with van der Waals surface area (Å²) in [6.45, 7) is 1.84. The second kappa shape index (κ2) is 6.50. The SMILES string of the molecule is Cc1ccc(Cl)c2c(=O)oc(-c3cc(Br)nn3-c3ncccc3Cl)nc12. The lowest BCUT2D eigenvalue weighted by molar-refractivity contribution is 0.513. The first-order valence-electron chi connectivity index (χ1n) is 7.42. The van der Waals surface area contributed by atoms with Crippen molar-refractivity contribution in [3.8, 4) is 17.4 Å². The van der Waals surface area contributed by atoms with Crippen molar-refractivity contribution < 1.29 is 4.42 Å². The van der Waals surface area contributed by atoms with E-state index in [0.29, 0.717) is 31.7 Å². The van der Waals surface area contributed by atoms with Crippen LogP contribution >= 0.6 is 39.1 Å². The molecule has 0 fully saturated rings. The van der Waals surface area contributed by atoms with Crippen molar-refractivity contribution in [3.05, 3.63) is 67.2 Å². The summed E-state index contributed by atoms with van der Waals surface area (Å²) < 4.78 is 7.40. The van der Waals surface area contributed by atoms with Gasteiger partial charge in [-0.25, -0.2) is 19.4 Å². The number of aryl methyl sites for hydroxylation is 1. The molecule has 0 saturated heterocycles. The Hall–Kier alpha value is -2.22. The molecule has 4 aromatic rings. The zero-order chi connectivity index (χ0) is 18.4. The minimum atomic E-state index is -0.574. The molecular formula is C17H9BrCl2N4O2. The number of pyridine rings is 1. The van der Waals surface area contributed by atoms with Gasteiger partial charge in [0.2, 0.25) is 5.89 Å². The van der Waals surface area contributed by atoms with E-state index in [4.69, 9.17) is 27.6 Å². The lowest BCUT2D eigenvalue weighted by Gasteiger charge is -2.08. The molecule has 9 heteroatoms. The molecule has 0 spiro atoms. The molecule has 0 atom stereocenters. The third-order valence-corrected chi connectivity index (χ3v) is 4.77. The second-order valence-electron chi connectivity index (χ2n) is 5.47. The Kier molecular flexibility index (Phi) is 4.30. The molecule has 0 radical (unpaired) electrons. The highest BCUT2D eigenvalue weighted by molar-refractivity contribution is 9.10. The van der Waals surface area contributed by atoms with Crippen LogP contribution in [0.25, 0.3) is 28.3 Å². The van der Waals surface area contributed by atoms with Gasteiger partial charge in [-0.1, -0.05) is 29.3 Å². The molecule has 1 aromatic carbocycles. The first-order valence-corrected chi connectivity index (χ1v) is 8.97. The molecule has 4 rings (SSSR count). The number of benzene rings is 1.